The summed E-state index contributed by atoms with van der Waals surface area (Å²) in [5.41, 5.74) is 7.04. The number of hydrogen-bond donors (Lipinski definition) is 1. The van der Waals surface area contributed by atoms with Crippen LogP contribution in [0.4, 0.5) is 26.0 Å². The largest absolute Gasteiger partial charge is 0.396 e. The van der Waals surface area contributed by atoms with E-state index in [0.717, 1.165) is 0 Å². The van der Waals surface area contributed by atoms with Crippen molar-refractivity contribution in [3.8, 4) is 10.7 Å². The molecule has 2 aromatic heterocycles. The number of thiazole rings is 1. The molecular weight excluding hydrogens is 410 g/mol. The number of aromatic nitrogens is 3. The van der Waals surface area contributed by atoms with Gasteiger partial charge in [-0.3, -0.25) is 4.79 Å². The van der Waals surface area contributed by atoms with Crippen LogP contribution >= 0.6 is 11.3 Å². The number of rotatable bonds is 3. The lowest BCUT2D eigenvalue weighted by Crippen LogP contribution is -2.37. The van der Waals surface area contributed by atoms with Crippen LogP contribution in [0.5, 0.6) is 0 Å². The fourth-order valence-electron chi connectivity index (χ4n) is 3.74. The van der Waals surface area contributed by atoms with Gasteiger partial charge >= 0.3 is 0 Å². The Bertz CT molecular complexity index is 1120. The van der Waals surface area contributed by atoms with Gasteiger partial charge in [0.15, 0.2) is 5.82 Å². The molecule has 3 aromatic rings. The highest BCUT2D eigenvalue weighted by Gasteiger charge is 2.31. The number of anilines is 3. The van der Waals surface area contributed by atoms with Crippen LogP contribution in [0.1, 0.15) is 21.8 Å². The SMILES string of the molecule is Nc1cccc(N2CCc3nc(-c4cnc(N5CCC(F)C5)cn4)sc3C2=O)c1F. The zero-order chi connectivity index (χ0) is 20.8. The highest BCUT2D eigenvalue weighted by molar-refractivity contribution is 7.17. The minimum atomic E-state index is -0.837. The zero-order valence-corrected chi connectivity index (χ0v) is 16.7. The smallest absolute Gasteiger partial charge is 0.270 e. The third kappa shape index (κ3) is 3.17. The summed E-state index contributed by atoms with van der Waals surface area (Å²) in [5.74, 6) is -0.280. The van der Waals surface area contributed by atoms with Crippen molar-refractivity contribution in [2.24, 2.45) is 0 Å². The van der Waals surface area contributed by atoms with Gasteiger partial charge in [-0.25, -0.2) is 23.7 Å². The van der Waals surface area contributed by atoms with Gasteiger partial charge in [-0.2, -0.15) is 0 Å². The number of carbonyl (C=O) groups is 1. The third-order valence-electron chi connectivity index (χ3n) is 5.32. The second-order valence-electron chi connectivity index (χ2n) is 7.27. The molecule has 2 N–H and O–H groups in total. The van der Waals surface area contributed by atoms with E-state index in [1.165, 1.54) is 22.3 Å². The number of halogens is 2. The molecule has 0 saturated carbocycles. The Balaban J connectivity index is 1.41. The molecule has 5 rings (SSSR count). The number of nitrogens with zero attached hydrogens (tertiary/aromatic N) is 5. The van der Waals surface area contributed by atoms with Crippen LogP contribution in [-0.2, 0) is 6.42 Å². The Morgan fingerprint density at radius 2 is 2.07 bits per heavy atom. The van der Waals surface area contributed by atoms with E-state index >= 15 is 0 Å². The van der Waals surface area contributed by atoms with Crippen LogP contribution in [-0.4, -0.2) is 46.7 Å². The molecule has 1 aromatic carbocycles. The Kier molecular flexibility index (Phi) is 4.58. The summed E-state index contributed by atoms with van der Waals surface area (Å²) in [4.78, 5) is 30.1. The van der Waals surface area contributed by atoms with E-state index in [4.69, 9.17) is 5.73 Å². The molecule has 1 fully saturated rings. The van der Waals surface area contributed by atoms with Gasteiger partial charge in [0.2, 0.25) is 0 Å². The van der Waals surface area contributed by atoms with E-state index < -0.39 is 12.0 Å². The molecule has 1 atom stereocenters. The van der Waals surface area contributed by atoms with Gasteiger partial charge in [0.25, 0.3) is 5.91 Å². The Hall–Kier alpha value is -3.14. The lowest BCUT2D eigenvalue weighted by atomic mass is 10.1. The number of alkyl halides is 1. The van der Waals surface area contributed by atoms with Crippen molar-refractivity contribution in [1.29, 1.82) is 0 Å². The van der Waals surface area contributed by atoms with Gasteiger partial charge in [0.1, 0.15) is 27.6 Å². The summed E-state index contributed by atoms with van der Waals surface area (Å²) < 4.78 is 27.8. The fourth-order valence-corrected chi connectivity index (χ4v) is 4.76. The molecule has 0 bridgehead atoms. The van der Waals surface area contributed by atoms with E-state index in [9.17, 15) is 13.6 Å². The first kappa shape index (κ1) is 18.9. The third-order valence-corrected chi connectivity index (χ3v) is 6.43. The number of nitrogens with two attached hydrogens (primary N) is 1. The van der Waals surface area contributed by atoms with E-state index in [1.54, 1.807) is 24.5 Å². The predicted molar refractivity (Wildman–Crippen MR) is 111 cm³/mol. The minimum absolute atomic E-state index is 0.00328. The lowest BCUT2D eigenvalue weighted by molar-refractivity contribution is 0.0983. The highest BCUT2D eigenvalue weighted by atomic mass is 32.1. The molecule has 0 radical (unpaired) electrons. The first-order chi connectivity index (χ1) is 14.5. The summed E-state index contributed by atoms with van der Waals surface area (Å²) in [6.45, 7) is 1.26. The molecule has 0 spiro atoms. The van der Waals surface area contributed by atoms with Crippen LogP contribution in [0.15, 0.2) is 30.6 Å². The molecule has 0 aliphatic carbocycles. The van der Waals surface area contributed by atoms with Gasteiger partial charge in [-0.1, -0.05) is 6.07 Å². The number of nitrogen functional groups attached to an aromatic ring is 1. The summed E-state index contributed by atoms with van der Waals surface area (Å²) in [6.07, 6.45) is 3.35. The topological polar surface area (TPSA) is 88.2 Å². The van der Waals surface area contributed by atoms with Crippen LogP contribution in [0, 0.1) is 5.82 Å². The normalized spacial score (nSPS) is 18.7. The van der Waals surface area contributed by atoms with E-state index in [-0.39, 0.29) is 17.3 Å². The Morgan fingerprint density at radius 3 is 2.80 bits per heavy atom. The summed E-state index contributed by atoms with van der Waals surface area (Å²) in [6, 6.07) is 4.63. The van der Waals surface area contributed by atoms with E-state index in [2.05, 4.69) is 15.0 Å². The standard InChI is InChI=1S/C20H18F2N6OS/c21-11-4-6-27(10-11)16-9-24-14(8-25-16)19-26-13-5-7-28(20(29)18(13)30-19)15-3-1-2-12(23)17(15)22/h1-3,8-9,11H,4-7,10,23H2. The van der Waals surface area contributed by atoms with Crippen molar-refractivity contribution in [2.75, 3.05) is 35.2 Å². The van der Waals surface area contributed by atoms with Crippen LogP contribution in [0.3, 0.4) is 0 Å². The van der Waals surface area contributed by atoms with Crippen molar-refractivity contribution in [3.05, 3.63) is 47.0 Å². The average molecular weight is 428 g/mol. The summed E-state index contributed by atoms with van der Waals surface area (Å²) in [5, 5.41) is 0.576. The summed E-state index contributed by atoms with van der Waals surface area (Å²) >= 11 is 1.21. The van der Waals surface area contributed by atoms with E-state index in [0.29, 0.717) is 59.6 Å². The lowest BCUT2D eigenvalue weighted by Gasteiger charge is -2.26. The Morgan fingerprint density at radius 1 is 1.20 bits per heavy atom. The van der Waals surface area contributed by atoms with Crippen LogP contribution in [0.2, 0.25) is 0 Å². The van der Waals surface area contributed by atoms with Gasteiger partial charge in [-0.15, -0.1) is 11.3 Å². The zero-order valence-electron chi connectivity index (χ0n) is 15.9. The van der Waals surface area contributed by atoms with Crippen molar-refractivity contribution in [3.63, 3.8) is 0 Å². The van der Waals surface area contributed by atoms with Crippen LogP contribution in [0.25, 0.3) is 10.7 Å². The monoisotopic (exact) mass is 428 g/mol. The molecule has 30 heavy (non-hydrogen) atoms. The number of benzene rings is 1. The Labute approximate surface area is 175 Å². The summed E-state index contributed by atoms with van der Waals surface area (Å²) in [7, 11) is 0. The van der Waals surface area contributed by atoms with Crippen molar-refractivity contribution in [1.82, 2.24) is 15.0 Å². The second-order valence-corrected chi connectivity index (χ2v) is 8.27. The highest BCUT2D eigenvalue weighted by Crippen LogP contribution is 2.34. The molecule has 2 aliphatic rings. The number of amides is 1. The first-order valence-corrected chi connectivity index (χ1v) is 10.4. The molecule has 1 saturated heterocycles. The van der Waals surface area contributed by atoms with Crippen molar-refractivity contribution >= 4 is 34.4 Å². The molecule has 1 unspecified atom stereocenters. The molecular formula is C20H18F2N6OS. The van der Waals surface area contributed by atoms with Gasteiger partial charge in [0, 0.05) is 19.5 Å². The fraction of sp³-hybridized carbons (Fsp3) is 0.300. The maximum atomic E-state index is 14.4. The first-order valence-electron chi connectivity index (χ1n) is 9.58. The molecule has 4 heterocycles. The second kappa shape index (κ2) is 7.28. The average Bonchev–Trinajstić information content (AvgIpc) is 3.38. The van der Waals surface area contributed by atoms with Crippen LogP contribution < -0.4 is 15.5 Å². The molecule has 154 valence electrons. The van der Waals surface area contributed by atoms with Crippen molar-refractivity contribution in [2.45, 2.75) is 19.0 Å². The van der Waals surface area contributed by atoms with Gasteiger partial charge < -0.3 is 15.5 Å². The quantitative estimate of drug-likeness (QED) is 0.645. The minimum Gasteiger partial charge on any atom is -0.396 e. The van der Waals surface area contributed by atoms with Gasteiger partial charge in [0.05, 0.1) is 36.0 Å². The molecule has 7 nitrogen and oxygen atoms in total. The predicted octanol–water partition coefficient (Wildman–Crippen LogP) is 3.07. The molecule has 2 aliphatic heterocycles. The maximum absolute atomic E-state index is 14.4. The van der Waals surface area contributed by atoms with Gasteiger partial charge in [-0.05, 0) is 18.6 Å². The van der Waals surface area contributed by atoms with E-state index in [1.807, 2.05) is 4.90 Å². The van der Waals surface area contributed by atoms with Crippen molar-refractivity contribution < 1.29 is 13.6 Å². The number of hydrogen-bond acceptors (Lipinski definition) is 7. The molecule has 1 amide bonds. The number of carbonyl (C=O) groups excluding carboxylic acids is 1. The number of fused-ring (bicyclic) bond motifs is 1. The molecule has 10 heteroatoms. The maximum Gasteiger partial charge on any atom is 0.270 e.